The lowest BCUT2D eigenvalue weighted by atomic mass is 9.95. The van der Waals surface area contributed by atoms with Crippen molar-refractivity contribution in [1.82, 2.24) is 30.2 Å². The predicted octanol–water partition coefficient (Wildman–Crippen LogP) is 10.1. The van der Waals surface area contributed by atoms with Gasteiger partial charge in [-0.15, -0.1) is 18.0 Å². The zero-order valence-electron chi connectivity index (χ0n) is 36.7. The molecule has 2 bridgehead atoms. The molecule has 14 heteroatoms. The predicted molar refractivity (Wildman–Crippen MR) is 246 cm³/mol. The Balaban J connectivity index is 0.00000529. The summed E-state index contributed by atoms with van der Waals surface area (Å²) in [5.41, 5.74) is 6.17. The lowest BCUT2D eigenvalue weighted by Crippen LogP contribution is -2.51. The summed E-state index contributed by atoms with van der Waals surface area (Å²) in [7, 11) is -2.34. The molecule has 0 radical (unpaired) electrons. The van der Waals surface area contributed by atoms with E-state index in [2.05, 4.69) is 73.1 Å². The van der Waals surface area contributed by atoms with Crippen molar-refractivity contribution in [2.45, 2.75) is 121 Å². The van der Waals surface area contributed by atoms with E-state index in [0.29, 0.717) is 75.9 Å². The van der Waals surface area contributed by atoms with Crippen LogP contribution in [-0.4, -0.2) is 94.6 Å². The molecule has 9 rings (SSSR count). The standard InChI is InChI=1S/C48H56F3N7O2Si.ClH/c1-27(2)61(28(3)4,29(5)6)16-13-37-39(50)12-9-31-18-36(59)19-38(40(31)37)44-42(51)45-41(43(54-44)32-17-30(7)21-52-22-32)46(57-24-34-10-11-35(25-57)53-34)56-47(55-45)60-26-48-14-8-15-58(48)23-33(49)20-48;/h9,12,17-19,21-22,27-29,33-35,53,59H,8,10-11,14-15,20,23-26H2,1-7H3;1H/t33-,34-,35+,48+;/m1./s1. The number of benzene rings is 2. The van der Waals surface area contributed by atoms with Crippen molar-refractivity contribution in [3.63, 3.8) is 0 Å². The Bertz CT molecular complexity index is 2570. The van der Waals surface area contributed by atoms with Gasteiger partial charge in [0.25, 0.3) is 0 Å². The minimum absolute atomic E-state index is 0. The maximum absolute atomic E-state index is 18.1. The monoisotopic (exact) mass is 883 g/mol. The smallest absolute Gasteiger partial charge is 0.319 e. The molecule has 62 heavy (non-hydrogen) atoms. The molecule has 4 saturated heterocycles. The highest BCUT2D eigenvalue weighted by Gasteiger charge is 2.49. The first-order chi connectivity index (χ1) is 29.2. The third-order valence-electron chi connectivity index (χ3n) is 14.2. The largest absolute Gasteiger partial charge is 0.508 e. The van der Waals surface area contributed by atoms with Gasteiger partial charge < -0.3 is 20.1 Å². The van der Waals surface area contributed by atoms with Gasteiger partial charge in [0.2, 0.25) is 0 Å². The van der Waals surface area contributed by atoms with Gasteiger partial charge in [0.15, 0.2) is 5.82 Å². The minimum atomic E-state index is -2.34. The number of phenolic OH excluding ortho intramolecular Hbond substituents is 1. The molecule has 2 N–H and O–H groups in total. The van der Waals surface area contributed by atoms with Crippen LogP contribution in [0, 0.1) is 30.0 Å². The molecular formula is C48H57ClF3N7O2Si. The number of ether oxygens (including phenoxy) is 1. The molecule has 5 aromatic rings. The number of fused-ring (bicyclic) bond motifs is 5. The van der Waals surface area contributed by atoms with Crippen molar-refractivity contribution in [1.29, 1.82) is 0 Å². The first-order valence-electron chi connectivity index (χ1n) is 22.0. The number of halogens is 4. The molecule has 4 aliphatic heterocycles. The highest BCUT2D eigenvalue weighted by Crippen LogP contribution is 2.45. The SMILES string of the molecule is Cc1cncc(-c2nc(-c3cc(O)cc4ccc(F)c(C#C[Si](C(C)C)(C(C)C)C(C)C)c34)c(F)c3nc(OC[C@@]45CCCN4C[C@H](F)C5)nc(N4C[C@H]5CC[C@@H](C4)N5)c23)c1.Cl. The highest BCUT2D eigenvalue weighted by molar-refractivity contribution is 6.90. The quantitative estimate of drug-likeness (QED) is 0.111. The number of piperazine rings is 1. The molecule has 328 valence electrons. The van der Waals surface area contributed by atoms with Crippen LogP contribution >= 0.6 is 12.4 Å². The number of pyridine rings is 2. The van der Waals surface area contributed by atoms with Gasteiger partial charge in [-0.3, -0.25) is 9.88 Å². The fourth-order valence-electron chi connectivity index (χ4n) is 11.5. The van der Waals surface area contributed by atoms with E-state index in [4.69, 9.17) is 19.7 Å². The van der Waals surface area contributed by atoms with Crippen LogP contribution in [0.25, 0.3) is 44.2 Å². The summed E-state index contributed by atoms with van der Waals surface area (Å²) >= 11 is 0. The summed E-state index contributed by atoms with van der Waals surface area (Å²) < 4.78 is 55.8. The van der Waals surface area contributed by atoms with Gasteiger partial charge in [0.05, 0.1) is 22.2 Å². The molecule has 4 fully saturated rings. The van der Waals surface area contributed by atoms with Crippen molar-refractivity contribution in [3.05, 3.63) is 65.5 Å². The summed E-state index contributed by atoms with van der Waals surface area (Å²) in [5, 5.41) is 16.2. The van der Waals surface area contributed by atoms with Gasteiger partial charge in [0.1, 0.15) is 49.4 Å². The lowest BCUT2D eigenvalue weighted by Gasteiger charge is -2.38. The van der Waals surface area contributed by atoms with E-state index in [1.807, 2.05) is 13.0 Å². The zero-order chi connectivity index (χ0) is 43.0. The Morgan fingerprint density at radius 1 is 0.935 bits per heavy atom. The number of rotatable bonds is 9. The van der Waals surface area contributed by atoms with Gasteiger partial charge in [0, 0.05) is 67.0 Å². The van der Waals surface area contributed by atoms with Gasteiger partial charge >= 0.3 is 6.01 Å². The molecule has 3 aromatic heterocycles. The fourth-order valence-corrected chi connectivity index (χ4v) is 16.7. The third-order valence-corrected chi connectivity index (χ3v) is 20.5. The molecule has 7 heterocycles. The second-order valence-electron chi connectivity index (χ2n) is 19.0. The number of anilines is 1. The fraction of sp³-hybridized carbons (Fsp3) is 0.500. The van der Waals surface area contributed by atoms with Gasteiger partial charge in [-0.2, -0.15) is 9.97 Å². The van der Waals surface area contributed by atoms with E-state index >= 15 is 8.78 Å². The van der Waals surface area contributed by atoms with Crippen molar-refractivity contribution in [2.75, 3.05) is 37.7 Å². The van der Waals surface area contributed by atoms with Crippen LogP contribution in [0.2, 0.25) is 16.6 Å². The second-order valence-corrected chi connectivity index (χ2v) is 24.6. The van der Waals surface area contributed by atoms with E-state index in [-0.39, 0.29) is 65.2 Å². The Kier molecular flexibility index (Phi) is 12.0. The number of aromatic hydroxyl groups is 1. The van der Waals surface area contributed by atoms with E-state index in [1.165, 1.54) is 12.1 Å². The van der Waals surface area contributed by atoms with Gasteiger partial charge in [-0.25, -0.2) is 18.2 Å². The van der Waals surface area contributed by atoms with E-state index in [9.17, 15) is 9.50 Å². The number of aromatic nitrogens is 4. The summed E-state index contributed by atoms with van der Waals surface area (Å²) in [6.07, 6.45) is 6.63. The molecule has 0 unspecified atom stereocenters. The topological polar surface area (TPSA) is 99.5 Å². The first kappa shape index (κ1) is 44.1. The van der Waals surface area contributed by atoms with E-state index in [1.54, 1.807) is 24.5 Å². The molecule has 4 atom stereocenters. The number of alkyl halides is 1. The molecule has 2 aromatic carbocycles. The van der Waals surface area contributed by atoms with Crippen molar-refractivity contribution in [3.8, 4) is 45.7 Å². The number of aryl methyl sites for hydroxylation is 1. The van der Waals surface area contributed by atoms with Crippen LogP contribution in [0.1, 0.15) is 84.8 Å². The Labute approximate surface area is 369 Å². The van der Waals surface area contributed by atoms with Crippen molar-refractivity contribution in [2.24, 2.45) is 0 Å². The Morgan fingerprint density at radius 3 is 2.35 bits per heavy atom. The highest BCUT2D eigenvalue weighted by atomic mass is 35.5. The zero-order valence-corrected chi connectivity index (χ0v) is 38.5. The van der Waals surface area contributed by atoms with Crippen LogP contribution in [0.5, 0.6) is 11.8 Å². The number of hydrogen-bond acceptors (Lipinski definition) is 9. The molecule has 9 nitrogen and oxygen atoms in total. The van der Waals surface area contributed by atoms with Crippen LogP contribution in [0.15, 0.2) is 42.7 Å². The summed E-state index contributed by atoms with van der Waals surface area (Å²) in [6.45, 7) is 17.8. The maximum atomic E-state index is 18.1. The van der Waals surface area contributed by atoms with Crippen LogP contribution in [0.4, 0.5) is 19.0 Å². The van der Waals surface area contributed by atoms with Crippen molar-refractivity contribution < 1.29 is 23.0 Å². The number of nitrogens with one attached hydrogen (secondary N) is 1. The van der Waals surface area contributed by atoms with Crippen molar-refractivity contribution >= 4 is 48.0 Å². The van der Waals surface area contributed by atoms with Gasteiger partial charge in [-0.1, -0.05) is 53.5 Å². The summed E-state index contributed by atoms with van der Waals surface area (Å²) in [6, 6.07) is 8.34. The molecule has 0 aliphatic carbocycles. The van der Waals surface area contributed by atoms with E-state index < -0.39 is 31.4 Å². The molecule has 4 aliphatic rings. The Hall–Kier alpha value is -4.48. The second kappa shape index (κ2) is 16.9. The van der Waals surface area contributed by atoms with Crippen LogP contribution in [-0.2, 0) is 0 Å². The lowest BCUT2D eigenvalue weighted by molar-refractivity contribution is 0.107. The number of phenols is 1. The third kappa shape index (κ3) is 7.58. The number of hydrogen-bond donors (Lipinski definition) is 2. The first-order valence-corrected chi connectivity index (χ1v) is 24.3. The number of nitrogens with zero attached hydrogens (tertiary/aromatic N) is 6. The molecule has 0 saturated carbocycles. The maximum Gasteiger partial charge on any atom is 0.319 e. The summed E-state index contributed by atoms with van der Waals surface area (Å²) in [5.74, 6) is 2.40. The van der Waals surface area contributed by atoms with E-state index in [0.717, 1.165) is 37.8 Å². The Morgan fingerprint density at radius 2 is 1.66 bits per heavy atom. The van der Waals surface area contributed by atoms with Crippen LogP contribution in [0.3, 0.4) is 0 Å². The average Bonchev–Trinajstić information content (AvgIpc) is 3.87. The normalized spacial score (nSPS) is 22.5. The average molecular weight is 885 g/mol. The molecule has 0 spiro atoms. The van der Waals surface area contributed by atoms with Gasteiger partial charge in [-0.05, 0) is 91.0 Å². The molecular weight excluding hydrogens is 827 g/mol. The minimum Gasteiger partial charge on any atom is -0.508 e. The molecule has 0 amide bonds. The van der Waals surface area contributed by atoms with Crippen LogP contribution < -0.4 is 15.0 Å². The summed E-state index contributed by atoms with van der Waals surface area (Å²) in [4.78, 5) is 23.9.